The Kier molecular flexibility index (Phi) is 15.8. The van der Waals surface area contributed by atoms with Crippen LogP contribution < -0.4 is 14.2 Å². The molecule has 4 aromatic rings. The number of para-hydroxylation sites is 1. The Morgan fingerprint density at radius 3 is 1.06 bits per heavy atom. The van der Waals surface area contributed by atoms with Crippen LogP contribution in [0.25, 0.3) is 0 Å². The average molecular weight is 703 g/mol. The number of carbonyl (C=O) groups is 3. The lowest BCUT2D eigenvalue weighted by atomic mass is 10.2. The van der Waals surface area contributed by atoms with Crippen molar-refractivity contribution in [2.45, 2.75) is 39.1 Å². The summed E-state index contributed by atoms with van der Waals surface area (Å²) < 4.78 is 49.2. The highest BCUT2D eigenvalue weighted by Crippen LogP contribution is 2.16. The minimum Gasteiger partial charge on any atom is -0.468 e. The molecule has 51 heavy (non-hydrogen) atoms. The van der Waals surface area contributed by atoms with Gasteiger partial charge in [0.25, 0.3) is 0 Å². The van der Waals surface area contributed by atoms with Gasteiger partial charge in [-0.05, 0) is 93.6 Å². The van der Waals surface area contributed by atoms with Crippen LogP contribution in [-0.4, -0.2) is 76.4 Å². The van der Waals surface area contributed by atoms with E-state index in [9.17, 15) is 14.4 Å². The monoisotopic (exact) mass is 702 g/mol. The molecule has 0 heterocycles. The first kappa shape index (κ1) is 38.4. The Balaban J connectivity index is 1.04. The van der Waals surface area contributed by atoms with Crippen LogP contribution in [0.2, 0.25) is 0 Å². The second kappa shape index (κ2) is 20.9. The Morgan fingerprint density at radius 2 is 0.706 bits per heavy atom. The smallest absolute Gasteiger partial charge is 0.338 e. The zero-order valence-electron chi connectivity index (χ0n) is 28.8. The first-order chi connectivity index (χ1) is 24.8. The number of rotatable bonds is 21. The fourth-order valence-electron chi connectivity index (χ4n) is 4.09. The molecule has 0 radical (unpaired) electrons. The summed E-state index contributed by atoms with van der Waals surface area (Å²) in [4.78, 5) is 36.9. The van der Waals surface area contributed by atoms with Gasteiger partial charge in [-0.25, -0.2) is 14.4 Å². The molecule has 0 amide bonds. The van der Waals surface area contributed by atoms with Gasteiger partial charge in [0.05, 0.1) is 35.0 Å². The fraction of sp³-hybridized carbons (Fsp3) is 0.308. The molecule has 4 rings (SSSR count). The molecule has 3 atom stereocenters. The van der Waals surface area contributed by atoms with Gasteiger partial charge >= 0.3 is 17.9 Å². The quantitative estimate of drug-likeness (QED) is 0.0534. The van der Waals surface area contributed by atoms with Crippen molar-refractivity contribution in [3.8, 4) is 17.2 Å². The normalized spacial score (nSPS) is 12.5. The molecule has 0 spiro atoms. The summed E-state index contributed by atoms with van der Waals surface area (Å²) in [6.07, 6.45) is -1.18. The van der Waals surface area contributed by atoms with E-state index in [1.165, 1.54) is 0 Å². The van der Waals surface area contributed by atoms with E-state index in [0.29, 0.717) is 33.9 Å². The van der Waals surface area contributed by atoms with Crippen LogP contribution in [0.4, 0.5) is 0 Å². The predicted octanol–water partition coefficient (Wildman–Crippen LogP) is 6.48. The molecule has 12 heteroatoms. The summed E-state index contributed by atoms with van der Waals surface area (Å²) in [5, 5.41) is 0. The van der Waals surface area contributed by atoms with Crippen LogP contribution in [0, 0.1) is 0 Å². The number of benzene rings is 4. The van der Waals surface area contributed by atoms with Crippen molar-refractivity contribution in [1.29, 1.82) is 0 Å². The molecule has 12 nitrogen and oxygen atoms in total. The number of ether oxygens (including phenoxy) is 9. The molecular formula is C39H42O12. The minimum absolute atomic E-state index is 0.00627. The lowest BCUT2D eigenvalue weighted by Gasteiger charge is -2.15. The van der Waals surface area contributed by atoms with E-state index in [0.717, 1.165) is 0 Å². The lowest BCUT2D eigenvalue weighted by Crippen LogP contribution is -2.21. The fourth-order valence-corrected chi connectivity index (χ4v) is 4.09. The van der Waals surface area contributed by atoms with Gasteiger partial charge in [0.1, 0.15) is 37.1 Å². The van der Waals surface area contributed by atoms with Crippen molar-refractivity contribution in [2.24, 2.45) is 0 Å². The van der Waals surface area contributed by atoms with Crippen LogP contribution >= 0.6 is 0 Å². The Labute approximate surface area is 297 Å². The second-order valence-corrected chi connectivity index (χ2v) is 11.2. The van der Waals surface area contributed by atoms with Gasteiger partial charge in [-0.1, -0.05) is 36.4 Å². The molecule has 0 saturated heterocycles. The number of carbonyl (C=O) groups excluding carboxylic acids is 3. The summed E-state index contributed by atoms with van der Waals surface area (Å²) >= 11 is 0. The van der Waals surface area contributed by atoms with E-state index < -0.39 is 24.0 Å². The van der Waals surface area contributed by atoms with E-state index in [1.807, 2.05) is 36.4 Å². The minimum atomic E-state index is -0.521. The van der Waals surface area contributed by atoms with Gasteiger partial charge in [-0.2, -0.15) is 0 Å². The van der Waals surface area contributed by atoms with Crippen LogP contribution in [-0.2, 0) is 28.4 Å². The van der Waals surface area contributed by atoms with Crippen LogP contribution in [0.3, 0.4) is 0 Å². The first-order valence-electron chi connectivity index (χ1n) is 16.3. The van der Waals surface area contributed by atoms with Crippen molar-refractivity contribution >= 4 is 17.9 Å². The highest BCUT2D eigenvalue weighted by molar-refractivity contribution is 5.90. The molecule has 270 valence electrons. The highest BCUT2D eigenvalue weighted by Gasteiger charge is 2.14. The van der Waals surface area contributed by atoms with Crippen molar-refractivity contribution in [2.75, 3.05) is 40.2 Å². The molecule has 0 aliphatic heterocycles. The van der Waals surface area contributed by atoms with E-state index in [4.69, 9.17) is 42.6 Å². The molecular weight excluding hydrogens is 660 g/mol. The second-order valence-electron chi connectivity index (χ2n) is 11.2. The number of hydrogen-bond donors (Lipinski definition) is 0. The van der Waals surface area contributed by atoms with Crippen LogP contribution in [0.15, 0.2) is 109 Å². The third kappa shape index (κ3) is 14.1. The molecule has 0 bridgehead atoms. The molecule has 3 unspecified atom stereocenters. The number of esters is 3. The maximum atomic E-state index is 12.5. The van der Waals surface area contributed by atoms with Gasteiger partial charge in [0, 0.05) is 0 Å². The Morgan fingerprint density at radius 1 is 0.412 bits per heavy atom. The SMILES string of the molecule is CC(COC(=O)c1ccccc1)OCOc1ccc(C(=O)OCC(C)OCOc2ccc(C(=O)OCC(C)OCOc3ccccc3)cc2)cc1. The van der Waals surface area contributed by atoms with Crippen molar-refractivity contribution in [3.63, 3.8) is 0 Å². The highest BCUT2D eigenvalue weighted by atomic mass is 16.7. The van der Waals surface area contributed by atoms with Crippen molar-refractivity contribution in [1.82, 2.24) is 0 Å². The van der Waals surface area contributed by atoms with E-state index >= 15 is 0 Å². The maximum absolute atomic E-state index is 12.5. The molecule has 0 N–H and O–H groups in total. The third-order valence-electron chi connectivity index (χ3n) is 7.01. The van der Waals surface area contributed by atoms with Crippen LogP contribution in [0.5, 0.6) is 17.2 Å². The molecule has 0 fully saturated rings. The van der Waals surface area contributed by atoms with Gasteiger partial charge in [-0.15, -0.1) is 0 Å². The lowest BCUT2D eigenvalue weighted by molar-refractivity contribution is -0.0548. The standard InChI is InChI=1S/C39H42O12/c1-28(22-43-37(40)31-10-6-4-7-11-31)47-26-50-35-18-16-33(17-19-35)39(42)45-24-30(3)48-27-51-36-20-14-32(15-21-36)38(41)44-23-29(2)46-25-49-34-12-8-5-9-13-34/h4-21,28-30H,22-27H2,1-3H3. The van der Waals surface area contributed by atoms with Gasteiger partial charge in [0.2, 0.25) is 0 Å². The zero-order valence-corrected chi connectivity index (χ0v) is 28.8. The molecule has 0 aromatic heterocycles. The van der Waals surface area contributed by atoms with Crippen molar-refractivity contribution < 1.29 is 57.0 Å². The summed E-state index contributed by atoms with van der Waals surface area (Å²) in [6, 6.07) is 30.8. The summed E-state index contributed by atoms with van der Waals surface area (Å²) in [7, 11) is 0. The van der Waals surface area contributed by atoms with Gasteiger partial charge < -0.3 is 42.6 Å². The zero-order chi connectivity index (χ0) is 36.3. The Bertz CT molecular complexity index is 1610. The average Bonchev–Trinajstić information content (AvgIpc) is 3.16. The summed E-state index contributed by atoms with van der Waals surface area (Å²) in [5.74, 6) is 0.228. The molecule has 0 aliphatic rings. The maximum Gasteiger partial charge on any atom is 0.338 e. The predicted molar refractivity (Wildman–Crippen MR) is 185 cm³/mol. The van der Waals surface area contributed by atoms with E-state index in [2.05, 4.69) is 0 Å². The van der Waals surface area contributed by atoms with Crippen molar-refractivity contribution in [3.05, 3.63) is 126 Å². The van der Waals surface area contributed by atoms with E-state index in [1.54, 1.807) is 93.6 Å². The molecule has 4 aromatic carbocycles. The summed E-state index contributed by atoms with van der Waals surface area (Å²) in [5.41, 5.74) is 1.17. The Hall–Kier alpha value is -5.43. The van der Waals surface area contributed by atoms with E-state index in [-0.39, 0.29) is 52.4 Å². The van der Waals surface area contributed by atoms with Gasteiger partial charge in [-0.3, -0.25) is 0 Å². The van der Waals surface area contributed by atoms with Crippen LogP contribution in [0.1, 0.15) is 51.8 Å². The largest absolute Gasteiger partial charge is 0.468 e. The topological polar surface area (TPSA) is 134 Å². The summed E-state index contributed by atoms with van der Waals surface area (Å²) in [6.45, 7) is 5.32. The first-order valence-corrected chi connectivity index (χ1v) is 16.3. The molecule has 0 aliphatic carbocycles. The third-order valence-corrected chi connectivity index (χ3v) is 7.01. The number of hydrogen-bond acceptors (Lipinski definition) is 12. The molecule has 0 saturated carbocycles. The van der Waals surface area contributed by atoms with Gasteiger partial charge in [0.15, 0.2) is 20.4 Å².